The molecule has 10 heteroatoms. The van der Waals surface area contributed by atoms with E-state index in [1.54, 1.807) is 4.68 Å². The lowest BCUT2D eigenvalue weighted by atomic mass is 9.96. The van der Waals surface area contributed by atoms with Gasteiger partial charge in [-0.25, -0.2) is 4.98 Å². The molecule has 3 aromatic heterocycles. The van der Waals surface area contributed by atoms with Crippen LogP contribution in [-0.2, 0) is 6.54 Å². The van der Waals surface area contributed by atoms with Crippen LogP contribution >= 0.6 is 0 Å². The van der Waals surface area contributed by atoms with Crippen LogP contribution in [-0.4, -0.2) is 61.9 Å². The lowest BCUT2D eigenvalue weighted by molar-refractivity contribution is 0.0745. The molecule has 1 aromatic carbocycles. The minimum absolute atomic E-state index is 0.00881. The van der Waals surface area contributed by atoms with Gasteiger partial charge in [-0.3, -0.25) is 9.48 Å². The van der Waals surface area contributed by atoms with E-state index in [0.717, 1.165) is 11.3 Å². The normalized spacial score (nSPS) is 14.3. The molecular weight excluding hydrogens is 444 g/mol. The van der Waals surface area contributed by atoms with Crippen molar-refractivity contribution >= 4 is 23.2 Å². The Bertz CT molecular complexity index is 1410. The highest BCUT2D eigenvalue weighted by molar-refractivity contribution is 5.94. The molecule has 0 saturated carbocycles. The molecule has 5 rings (SSSR count). The lowest BCUT2D eigenvalue weighted by Gasteiger charge is -2.33. The molecule has 0 unspecified atom stereocenters. The van der Waals surface area contributed by atoms with E-state index in [1.165, 1.54) is 0 Å². The Kier molecular flexibility index (Phi) is 5.68. The molecule has 0 spiro atoms. The molecule has 0 radical (unpaired) electrons. The van der Waals surface area contributed by atoms with Crippen LogP contribution in [0.1, 0.15) is 29.9 Å². The first-order valence-electron chi connectivity index (χ1n) is 11.5. The lowest BCUT2D eigenvalue weighted by Crippen LogP contribution is -2.48. The van der Waals surface area contributed by atoms with Crippen LogP contribution in [0.4, 0.5) is 6.01 Å². The monoisotopic (exact) mass is 470 g/mol. The zero-order valence-corrected chi connectivity index (χ0v) is 20.0. The van der Waals surface area contributed by atoms with Gasteiger partial charge in [0.05, 0.1) is 24.2 Å². The first-order chi connectivity index (χ1) is 16.8. The Morgan fingerprint density at radius 1 is 1.09 bits per heavy atom. The smallest absolute Gasteiger partial charge is 0.300 e. The first-order valence-corrected chi connectivity index (χ1v) is 11.5. The number of fused-ring (bicyclic) bond motifs is 1. The van der Waals surface area contributed by atoms with E-state index in [2.05, 4.69) is 26.3 Å². The van der Waals surface area contributed by atoms with Crippen molar-refractivity contribution in [3.8, 4) is 17.3 Å². The second-order valence-corrected chi connectivity index (χ2v) is 9.42. The number of carbonyl (C=O) groups excluding carboxylic acids is 1. The van der Waals surface area contributed by atoms with E-state index in [-0.39, 0.29) is 5.91 Å². The Morgan fingerprint density at radius 2 is 1.83 bits per heavy atom. The number of nitrogens with zero attached hydrogens (tertiary/aromatic N) is 8. The minimum Gasteiger partial charge on any atom is -0.422 e. The fraction of sp³-hybridized carbons (Fsp3) is 0.360. The molecule has 1 amide bonds. The second-order valence-electron chi connectivity index (χ2n) is 9.42. The largest absolute Gasteiger partial charge is 0.422 e. The van der Waals surface area contributed by atoms with Crippen LogP contribution in [0.2, 0.25) is 0 Å². The maximum Gasteiger partial charge on any atom is 0.300 e. The van der Waals surface area contributed by atoms with Crippen molar-refractivity contribution in [1.82, 2.24) is 29.9 Å². The summed E-state index contributed by atoms with van der Waals surface area (Å²) in [5, 5.41) is 17.6. The third kappa shape index (κ3) is 4.71. The van der Waals surface area contributed by atoms with Crippen molar-refractivity contribution in [2.75, 3.05) is 31.1 Å². The number of hydrogen-bond donors (Lipinski definition) is 0. The van der Waals surface area contributed by atoms with Crippen molar-refractivity contribution in [2.45, 2.75) is 27.3 Å². The summed E-state index contributed by atoms with van der Waals surface area (Å²) in [5.41, 5.74) is 3.84. The molecule has 0 atom stereocenters. The van der Waals surface area contributed by atoms with Gasteiger partial charge in [-0.05, 0) is 45.0 Å². The summed E-state index contributed by atoms with van der Waals surface area (Å²) in [6, 6.07) is 14.0. The van der Waals surface area contributed by atoms with Gasteiger partial charge in [0.2, 0.25) is 5.65 Å². The van der Waals surface area contributed by atoms with E-state index in [0.29, 0.717) is 61.2 Å². The number of anilines is 1. The summed E-state index contributed by atoms with van der Waals surface area (Å²) in [4.78, 5) is 25.9. The van der Waals surface area contributed by atoms with Crippen molar-refractivity contribution in [3.63, 3.8) is 0 Å². The highest BCUT2D eigenvalue weighted by Crippen LogP contribution is 2.23. The van der Waals surface area contributed by atoms with Crippen LogP contribution in [0.25, 0.3) is 22.5 Å². The molecule has 178 valence electrons. The van der Waals surface area contributed by atoms with Gasteiger partial charge in [-0.1, -0.05) is 17.3 Å². The molecule has 1 aliphatic heterocycles. The predicted molar refractivity (Wildman–Crippen MR) is 130 cm³/mol. The fourth-order valence-corrected chi connectivity index (χ4v) is 4.05. The number of oxazole rings is 1. The molecular formula is C25H26N8O2. The van der Waals surface area contributed by atoms with Crippen LogP contribution in [0.3, 0.4) is 0 Å². The maximum atomic E-state index is 13.1. The van der Waals surface area contributed by atoms with Gasteiger partial charge in [0, 0.05) is 43.0 Å². The molecule has 1 aliphatic rings. The summed E-state index contributed by atoms with van der Waals surface area (Å²) >= 11 is 0. The molecule has 10 nitrogen and oxygen atoms in total. The molecule has 35 heavy (non-hydrogen) atoms. The third-order valence-electron chi connectivity index (χ3n) is 6.04. The average Bonchev–Trinajstić information content (AvgIpc) is 3.50. The summed E-state index contributed by atoms with van der Waals surface area (Å²) in [5.74, 6) is -0.00881. The van der Waals surface area contributed by atoms with E-state index in [9.17, 15) is 10.1 Å². The van der Waals surface area contributed by atoms with Gasteiger partial charge in [-0.15, -0.1) is 5.10 Å². The molecule has 0 aliphatic carbocycles. The number of piperazine rings is 1. The standard InChI is InChI=1S/C25H26N8O2/c1-17-4-9-21-22(27-17)28-24(35-21)32-12-10-31(11-13-32)23(34)19-7-5-18(6-8-19)20-14-33(30-29-20)16-25(2,3)15-26/h4-9,14H,10-13,16H2,1-3H3. The first kappa shape index (κ1) is 22.5. The van der Waals surface area contributed by atoms with Crippen LogP contribution in [0.15, 0.2) is 47.0 Å². The highest BCUT2D eigenvalue weighted by Gasteiger charge is 2.25. The molecule has 0 bridgehead atoms. The van der Waals surface area contributed by atoms with Gasteiger partial charge in [0.25, 0.3) is 11.9 Å². The third-order valence-corrected chi connectivity index (χ3v) is 6.04. The van der Waals surface area contributed by atoms with Gasteiger partial charge >= 0.3 is 0 Å². The topological polar surface area (TPSA) is 117 Å². The van der Waals surface area contributed by atoms with E-state index in [1.807, 2.05) is 73.2 Å². The minimum atomic E-state index is -0.526. The van der Waals surface area contributed by atoms with E-state index >= 15 is 0 Å². The molecule has 1 fully saturated rings. The van der Waals surface area contributed by atoms with Crippen LogP contribution in [0, 0.1) is 23.7 Å². The van der Waals surface area contributed by atoms with E-state index < -0.39 is 5.41 Å². The van der Waals surface area contributed by atoms with Crippen molar-refractivity contribution in [3.05, 3.63) is 53.9 Å². The summed E-state index contributed by atoms with van der Waals surface area (Å²) in [6.45, 7) is 8.53. The Labute approximate surface area is 202 Å². The number of nitriles is 1. The zero-order chi connectivity index (χ0) is 24.6. The number of carbonyl (C=O) groups is 1. The number of benzene rings is 1. The van der Waals surface area contributed by atoms with Crippen LogP contribution in [0.5, 0.6) is 0 Å². The van der Waals surface area contributed by atoms with Gasteiger partial charge in [0.15, 0.2) is 5.58 Å². The SMILES string of the molecule is Cc1ccc2oc(N3CCN(C(=O)c4ccc(-c5cn(CC(C)(C)C#N)nn5)cc4)CC3)nc2n1. The summed E-state index contributed by atoms with van der Waals surface area (Å²) in [6.07, 6.45) is 1.82. The van der Waals surface area contributed by atoms with Crippen molar-refractivity contribution in [1.29, 1.82) is 5.26 Å². The average molecular weight is 471 g/mol. The number of hydrogen-bond acceptors (Lipinski definition) is 8. The highest BCUT2D eigenvalue weighted by atomic mass is 16.4. The number of pyridine rings is 1. The Hall–Kier alpha value is -4.26. The Balaban J connectivity index is 1.21. The fourth-order valence-electron chi connectivity index (χ4n) is 4.05. The molecule has 1 saturated heterocycles. The maximum absolute atomic E-state index is 13.1. The number of rotatable bonds is 5. The number of amides is 1. The summed E-state index contributed by atoms with van der Waals surface area (Å²) in [7, 11) is 0. The zero-order valence-electron chi connectivity index (χ0n) is 20.0. The summed E-state index contributed by atoms with van der Waals surface area (Å²) < 4.78 is 7.52. The van der Waals surface area contributed by atoms with Crippen molar-refractivity contribution in [2.24, 2.45) is 5.41 Å². The second kappa shape index (κ2) is 8.83. The van der Waals surface area contributed by atoms with Gasteiger partial charge in [-0.2, -0.15) is 10.2 Å². The Morgan fingerprint density at radius 3 is 2.54 bits per heavy atom. The van der Waals surface area contributed by atoms with Gasteiger partial charge < -0.3 is 14.2 Å². The molecule has 4 aromatic rings. The van der Waals surface area contributed by atoms with E-state index in [4.69, 9.17) is 4.42 Å². The number of aryl methyl sites for hydroxylation is 1. The van der Waals surface area contributed by atoms with Crippen LogP contribution < -0.4 is 4.90 Å². The molecule has 0 N–H and O–H groups in total. The predicted octanol–water partition coefficient (Wildman–Crippen LogP) is 3.30. The van der Waals surface area contributed by atoms with Gasteiger partial charge in [0.1, 0.15) is 5.69 Å². The molecule has 4 heterocycles. The quantitative estimate of drug-likeness (QED) is 0.436. The number of aromatic nitrogens is 5. The van der Waals surface area contributed by atoms with Crippen molar-refractivity contribution < 1.29 is 9.21 Å².